The molecular weight excluding hydrogens is 387 g/mol. The Morgan fingerprint density at radius 1 is 1.04 bits per heavy atom. The molecule has 0 amide bonds. The van der Waals surface area contributed by atoms with E-state index in [4.69, 9.17) is 0 Å². The molecule has 2 aromatic rings. The molecule has 0 saturated heterocycles. The van der Waals surface area contributed by atoms with Gasteiger partial charge in [-0.1, -0.05) is 18.2 Å². The first-order valence-electron chi connectivity index (χ1n) is 7.29. The third-order valence-electron chi connectivity index (χ3n) is 4.15. The summed E-state index contributed by atoms with van der Waals surface area (Å²) >= 11 is 0. The molecule has 1 aliphatic heterocycles. The molecule has 1 atom stereocenters. The maximum atomic E-state index is 12.9. The number of fused-ring (bicyclic) bond motifs is 1. The molecule has 0 aliphatic carbocycles. The molecule has 0 aromatic heterocycles. The molecule has 0 fully saturated rings. The predicted molar refractivity (Wildman–Crippen MR) is 90.0 cm³/mol. The van der Waals surface area contributed by atoms with Gasteiger partial charge in [-0.3, -0.25) is 0 Å². The van der Waals surface area contributed by atoms with Gasteiger partial charge in [-0.05, 0) is 47.9 Å². The van der Waals surface area contributed by atoms with Gasteiger partial charge >= 0.3 is 6.18 Å². The van der Waals surface area contributed by atoms with E-state index in [2.05, 4.69) is 5.32 Å². The van der Waals surface area contributed by atoms with Crippen molar-refractivity contribution >= 4 is 17.0 Å². The normalized spacial score (nSPS) is 17.5. The first-order chi connectivity index (χ1) is 10.9. The van der Waals surface area contributed by atoms with E-state index in [9.17, 15) is 23.4 Å². The summed E-state index contributed by atoms with van der Waals surface area (Å²) in [6, 6.07) is 8.17. The fourth-order valence-corrected chi connectivity index (χ4v) is 2.99. The van der Waals surface area contributed by atoms with Crippen LogP contribution in [0.15, 0.2) is 36.4 Å². The number of phenolic OH excluding ortho intramolecular Hbond substituents is 2. The number of benzene rings is 2. The third-order valence-corrected chi connectivity index (χ3v) is 4.15. The standard InChI is InChI=1S/C17H16F3NO2.BrH/c18-17(19,20)12-3-1-2-10(6-12)14-9-21-5-4-11-7-15(22)16(23)8-13(11)14;/h1-3,6-8,14,21-23H,4-5,9H2;1H. The van der Waals surface area contributed by atoms with Gasteiger partial charge in [0.25, 0.3) is 0 Å². The van der Waals surface area contributed by atoms with Crippen LogP contribution in [0.2, 0.25) is 0 Å². The monoisotopic (exact) mass is 403 g/mol. The van der Waals surface area contributed by atoms with Crippen molar-refractivity contribution in [2.24, 2.45) is 0 Å². The number of nitrogens with one attached hydrogen (secondary N) is 1. The minimum Gasteiger partial charge on any atom is -0.504 e. The molecule has 7 heteroatoms. The molecular formula is C17H17BrF3NO2. The van der Waals surface area contributed by atoms with Crippen molar-refractivity contribution in [2.75, 3.05) is 13.1 Å². The molecule has 0 radical (unpaired) electrons. The van der Waals surface area contributed by atoms with Crippen LogP contribution in [0.3, 0.4) is 0 Å². The number of hydrogen-bond acceptors (Lipinski definition) is 3. The minimum atomic E-state index is -4.39. The lowest BCUT2D eigenvalue weighted by Gasteiger charge is -2.20. The lowest BCUT2D eigenvalue weighted by atomic mass is 9.87. The topological polar surface area (TPSA) is 52.5 Å². The van der Waals surface area contributed by atoms with Gasteiger partial charge in [0.1, 0.15) is 0 Å². The first kappa shape index (κ1) is 18.6. The Labute approximate surface area is 147 Å². The lowest BCUT2D eigenvalue weighted by molar-refractivity contribution is -0.137. The van der Waals surface area contributed by atoms with Crippen LogP contribution in [0.4, 0.5) is 13.2 Å². The van der Waals surface area contributed by atoms with E-state index in [-0.39, 0.29) is 34.4 Å². The van der Waals surface area contributed by atoms with Crippen LogP contribution in [-0.4, -0.2) is 23.3 Å². The quantitative estimate of drug-likeness (QED) is 0.631. The molecule has 0 bridgehead atoms. The van der Waals surface area contributed by atoms with Crippen molar-refractivity contribution in [2.45, 2.75) is 18.5 Å². The molecule has 2 aromatic carbocycles. The summed E-state index contributed by atoms with van der Waals surface area (Å²) in [5.74, 6) is -0.794. The highest BCUT2D eigenvalue weighted by atomic mass is 79.9. The third kappa shape index (κ3) is 3.67. The Kier molecular flexibility index (Phi) is 5.45. The summed E-state index contributed by atoms with van der Waals surface area (Å²) in [5, 5.41) is 22.6. The average molecular weight is 404 g/mol. The molecule has 1 unspecified atom stereocenters. The zero-order valence-electron chi connectivity index (χ0n) is 12.6. The largest absolute Gasteiger partial charge is 0.504 e. The number of aromatic hydroxyl groups is 2. The van der Waals surface area contributed by atoms with E-state index in [1.165, 1.54) is 18.2 Å². The predicted octanol–water partition coefficient (Wildman–Crippen LogP) is 3.97. The Bertz CT molecular complexity index is 734. The van der Waals surface area contributed by atoms with E-state index in [1.807, 2.05) is 0 Å². The smallest absolute Gasteiger partial charge is 0.416 e. The van der Waals surface area contributed by atoms with Gasteiger partial charge in [-0.25, -0.2) is 0 Å². The van der Waals surface area contributed by atoms with Crippen LogP contribution in [0.5, 0.6) is 11.5 Å². The van der Waals surface area contributed by atoms with Crippen molar-refractivity contribution in [1.29, 1.82) is 0 Å². The highest BCUT2D eigenvalue weighted by Gasteiger charge is 2.31. The molecule has 0 saturated carbocycles. The van der Waals surface area contributed by atoms with Gasteiger partial charge in [-0.2, -0.15) is 13.2 Å². The van der Waals surface area contributed by atoms with Gasteiger partial charge in [0.2, 0.25) is 0 Å². The van der Waals surface area contributed by atoms with E-state index in [1.54, 1.807) is 6.07 Å². The molecule has 24 heavy (non-hydrogen) atoms. The number of phenols is 2. The molecule has 0 spiro atoms. The van der Waals surface area contributed by atoms with Crippen LogP contribution < -0.4 is 5.32 Å². The fraction of sp³-hybridized carbons (Fsp3) is 0.294. The number of alkyl halides is 3. The Balaban J connectivity index is 0.00000208. The fourth-order valence-electron chi connectivity index (χ4n) is 2.99. The van der Waals surface area contributed by atoms with Crippen molar-refractivity contribution in [1.82, 2.24) is 5.32 Å². The minimum absolute atomic E-state index is 0. The summed E-state index contributed by atoms with van der Waals surface area (Å²) in [5.41, 5.74) is 1.40. The molecule has 3 rings (SSSR count). The van der Waals surface area contributed by atoms with E-state index < -0.39 is 11.7 Å². The van der Waals surface area contributed by atoms with Gasteiger partial charge in [-0.15, -0.1) is 17.0 Å². The van der Waals surface area contributed by atoms with Crippen LogP contribution in [0, 0.1) is 0 Å². The molecule has 3 N–H and O–H groups in total. The second kappa shape index (κ2) is 7.03. The molecule has 1 aliphatic rings. The van der Waals surface area contributed by atoms with Gasteiger partial charge in [0.15, 0.2) is 11.5 Å². The van der Waals surface area contributed by atoms with Crippen molar-refractivity contribution in [3.8, 4) is 11.5 Å². The van der Waals surface area contributed by atoms with E-state index in [0.717, 1.165) is 23.3 Å². The number of hydrogen-bond donors (Lipinski definition) is 3. The zero-order chi connectivity index (χ0) is 16.6. The zero-order valence-corrected chi connectivity index (χ0v) is 14.3. The lowest BCUT2D eigenvalue weighted by Crippen LogP contribution is -2.21. The Hall–Kier alpha value is -1.73. The SMILES string of the molecule is Br.Oc1cc2c(cc1O)C(c1cccc(C(F)(F)F)c1)CNCC2. The maximum absolute atomic E-state index is 12.9. The highest BCUT2D eigenvalue weighted by molar-refractivity contribution is 8.93. The second-order valence-corrected chi connectivity index (χ2v) is 5.67. The Morgan fingerprint density at radius 3 is 2.46 bits per heavy atom. The van der Waals surface area contributed by atoms with E-state index in [0.29, 0.717) is 25.1 Å². The summed E-state index contributed by atoms with van der Waals surface area (Å²) in [4.78, 5) is 0. The summed E-state index contributed by atoms with van der Waals surface area (Å²) in [6.45, 7) is 1.13. The van der Waals surface area contributed by atoms with Crippen molar-refractivity contribution < 1.29 is 23.4 Å². The molecule has 130 valence electrons. The van der Waals surface area contributed by atoms with E-state index >= 15 is 0 Å². The summed E-state index contributed by atoms with van der Waals surface area (Å²) in [6.07, 6.45) is -3.76. The highest BCUT2D eigenvalue weighted by Crippen LogP contribution is 2.38. The number of rotatable bonds is 1. The molecule has 3 nitrogen and oxygen atoms in total. The van der Waals surface area contributed by atoms with Crippen molar-refractivity contribution in [3.05, 3.63) is 58.7 Å². The van der Waals surface area contributed by atoms with Crippen molar-refractivity contribution in [3.63, 3.8) is 0 Å². The van der Waals surface area contributed by atoms with Crippen LogP contribution in [0.1, 0.15) is 28.2 Å². The van der Waals surface area contributed by atoms with Crippen LogP contribution in [0.25, 0.3) is 0 Å². The van der Waals surface area contributed by atoms with Crippen LogP contribution >= 0.6 is 17.0 Å². The first-order valence-corrected chi connectivity index (χ1v) is 7.29. The van der Waals surface area contributed by atoms with Crippen LogP contribution in [-0.2, 0) is 12.6 Å². The second-order valence-electron chi connectivity index (χ2n) is 5.67. The Morgan fingerprint density at radius 2 is 1.75 bits per heavy atom. The maximum Gasteiger partial charge on any atom is 0.416 e. The number of halogens is 4. The summed E-state index contributed by atoms with van der Waals surface area (Å²) < 4.78 is 38.8. The van der Waals surface area contributed by atoms with Gasteiger partial charge in [0, 0.05) is 12.5 Å². The van der Waals surface area contributed by atoms with Gasteiger partial charge in [0.05, 0.1) is 5.56 Å². The molecule has 1 heterocycles. The average Bonchev–Trinajstić information content (AvgIpc) is 2.69. The van der Waals surface area contributed by atoms with Gasteiger partial charge < -0.3 is 15.5 Å². The summed E-state index contributed by atoms with van der Waals surface area (Å²) in [7, 11) is 0.